The Bertz CT molecular complexity index is 948. The lowest BCUT2D eigenvalue weighted by Crippen LogP contribution is -2.43. The van der Waals surface area contributed by atoms with Gasteiger partial charge in [0.1, 0.15) is 0 Å². The SMILES string of the molecule is O=C(c1ccccc1)N1C[C@@H]2CC[C@H](C1)N(Cc1ccc3[nH]ccc3c1)C2. The average Bonchev–Trinajstić information content (AvgIpc) is 2.98. The van der Waals surface area contributed by atoms with Crippen molar-refractivity contribution in [3.8, 4) is 0 Å². The fraction of sp³-hybridized carbons (Fsp3) is 0.348. The maximum atomic E-state index is 13.0. The number of carbonyl (C=O) groups excluding carboxylic acids is 1. The molecule has 4 heterocycles. The molecule has 3 aromatic rings. The van der Waals surface area contributed by atoms with E-state index in [9.17, 15) is 4.79 Å². The molecular weight excluding hydrogens is 334 g/mol. The van der Waals surface area contributed by atoms with Crippen LogP contribution in [-0.2, 0) is 6.54 Å². The Morgan fingerprint density at radius 2 is 1.89 bits per heavy atom. The molecule has 3 aliphatic heterocycles. The number of aromatic nitrogens is 1. The lowest BCUT2D eigenvalue weighted by molar-refractivity contribution is 0.0736. The predicted octanol–water partition coefficient (Wildman–Crippen LogP) is 3.90. The van der Waals surface area contributed by atoms with E-state index in [-0.39, 0.29) is 5.91 Å². The van der Waals surface area contributed by atoms with Crippen molar-refractivity contribution in [3.63, 3.8) is 0 Å². The van der Waals surface area contributed by atoms with Crippen LogP contribution in [0.4, 0.5) is 0 Å². The minimum Gasteiger partial charge on any atom is -0.361 e. The van der Waals surface area contributed by atoms with Crippen molar-refractivity contribution < 1.29 is 4.79 Å². The van der Waals surface area contributed by atoms with E-state index >= 15 is 0 Å². The lowest BCUT2D eigenvalue weighted by atomic mass is 9.94. The predicted molar refractivity (Wildman–Crippen MR) is 108 cm³/mol. The Balaban J connectivity index is 1.34. The van der Waals surface area contributed by atoms with Crippen LogP contribution < -0.4 is 0 Å². The van der Waals surface area contributed by atoms with Crippen LogP contribution in [0.15, 0.2) is 60.8 Å². The monoisotopic (exact) mass is 359 g/mol. The largest absolute Gasteiger partial charge is 0.361 e. The van der Waals surface area contributed by atoms with Crippen LogP contribution in [-0.4, -0.2) is 46.4 Å². The summed E-state index contributed by atoms with van der Waals surface area (Å²) in [7, 11) is 0. The van der Waals surface area contributed by atoms with Gasteiger partial charge in [0.15, 0.2) is 0 Å². The third-order valence-electron chi connectivity index (χ3n) is 6.14. The number of carbonyl (C=O) groups is 1. The Hall–Kier alpha value is -2.59. The first-order valence-electron chi connectivity index (χ1n) is 9.91. The molecular formula is C23H25N3O. The van der Waals surface area contributed by atoms with Crippen molar-refractivity contribution in [2.24, 2.45) is 5.92 Å². The molecule has 2 aromatic carbocycles. The topological polar surface area (TPSA) is 39.3 Å². The number of nitrogens with one attached hydrogen (secondary N) is 1. The molecule has 0 spiro atoms. The van der Waals surface area contributed by atoms with Crippen molar-refractivity contribution in [1.82, 2.24) is 14.8 Å². The summed E-state index contributed by atoms with van der Waals surface area (Å²) in [6.07, 6.45) is 4.42. The van der Waals surface area contributed by atoms with Gasteiger partial charge in [0.25, 0.3) is 5.91 Å². The smallest absolute Gasteiger partial charge is 0.253 e. The Morgan fingerprint density at radius 3 is 2.78 bits per heavy atom. The van der Waals surface area contributed by atoms with Crippen LogP contribution in [0.3, 0.4) is 0 Å². The molecule has 0 aliphatic carbocycles. The van der Waals surface area contributed by atoms with Gasteiger partial charge < -0.3 is 9.88 Å². The summed E-state index contributed by atoms with van der Waals surface area (Å²) < 4.78 is 0. The maximum absolute atomic E-state index is 13.0. The molecule has 1 N–H and O–H groups in total. The summed E-state index contributed by atoms with van der Waals surface area (Å²) in [4.78, 5) is 20.9. The van der Waals surface area contributed by atoms with E-state index in [0.29, 0.717) is 12.0 Å². The second-order valence-electron chi connectivity index (χ2n) is 8.00. The molecule has 0 unspecified atom stereocenters. The number of aromatic amines is 1. The molecule has 3 aliphatic rings. The van der Waals surface area contributed by atoms with Crippen molar-refractivity contribution >= 4 is 16.8 Å². The third kappa shape index (κ3) is 3.26. The van der Waals surface area contributed by atoms with Crippen LogP contribution in [0.1, 0.15) is 28.8 Å². The van der Waals surface area contributed by atoms with Gasteiger partial charge in [-0.05, 0) is 60.0 Å². The van der Waals surface area contributed by atoms with Gasteiger partial charge >= 0.3 is 0 Å². The number of fused-ring (bicyclic) bond motifs is 5. The summed E-state index contributed by atoms with van der Waals surface area (Å²) in [6, 6.07) is 19.0. The molecule has 4 heteroatoms. The first-order valence-corrected chi connectivity index (χ1v) is 9.91. The Kier molecular flexibility index (Phi) is 4.21. The van der Waals surface area contributed by atoms with Crippen molar-refractivity contribution in [1.29, 1.82) is 0 Å². The zero-order valence-corrected chi connectivity index (χ0v) is 15.5. The maximum Gasteiger partial charge on any atom is 0.253 e. The second kappa shape index (κ2) is 6.86. The second-order valence-corrected chi connectivity index (χ2v) is 8.00. The quantitative estimate of drug-likeness (QED) is 0.770. The zero-order chi connectivity index (χ0) is 18.2. The van der Waals surface area contributed by atoms with Gasteiger partial charge in [-0.1, -0.05) is 24.3 Å². The van der Waals surface area contributed by atoms with Crippen LogP contribution in [0.2, 0.25) is 0 Å². The molecule has 2 bridgehead atoms. The highest BCUT2D eigenvalue weighted by atomic mass is 16.2. The fourth-order valence-corrected chi connectivity index (χ4v) is 4.74. The molecule has 138 valence electrons. The highest BCUT2D eigenvalue weighted by molar-refractivity contribution is 5.94. The Morgan fingerprint density at radius 1 is 1.00 bits per heavy atom. The first-order chi connectivity index (χ1) is 13.3. The van der Waals surface area contributed by atoms with E-state index in [1.54, 1.807) is 0 Å². The van der Waals surface area contributed by atoms with E-state index in [2.05, 4.69) is 39.0 Å². The normalized spacial score (nSPS) is 22.9. The van der Waals surface area contributed by atoms with Gasteiger partial charge in [0.2, 0.25) is 0 Å². The van der Waals surface area contributed by atoms with Gasteiger partial charge in [-0.3, -0.25) is 9.69 Å². The van der Waals surface area contributed by atoms with Crippen molar-refractivity contribution in [2.45, 2.75) is 25.4 Å². The number of H-pyrrole nitrogens is 1. The summed E-state index contributed by atoms with van der Waals surface area (Å²) in [5.74, 6) is 0.760. The minimum atomic E-state index is 0.183. The standard InChI is InChI=1S/C23H25N3O/c27-23(19-4-2-1-3-5-19)26-15-18-6-8-21(16-26)25(14-18)13-17-7-9-22-20(12-17)10-11-24-22/h1-5,7,9-12,18,21,24H,6,8,13-16H2/t18-,21-/m1/s1. The van der Waals surface area contributed by atoms with E-state index < -0.39 is 0 Å². The molecule has 3 saturated heterocycles. The van der Waals surface area contributed by atoms with E-state index in [1.165, 1.54) is 29.3 Å². The van der Waals surface area contributed by atoms with Crippen LogP contribution in [0, 0.1) is 5.92 Å². The van der Waals surface area contributed by atoms with E-state index in [4.69, 9.17) is 0 Å². The molecule has 1 amide bonds. The van der Waals surface area contributed by atoms with Gasteiger partial charge in [-0.15, -0.1) is 0 Å². The highest BCUT2D eigenvalue weighted by Gasteiger charge is 2.36. The molecule has 2 atom stereocenters. The minimum absolute atomic E-state index is 0.183. The van der Waals surface area contributed by atoms with Crippen LogP contribution in [0.5, 0.6) is 0 Å². The van der Waals surface area contributed by atoms with Crippen molar-refractivity contribution in [3.05, 3.63) is 71.9 Å². The number of piperidine rings is 1. The first kappa shape index (κ1) is 16.6. The summed E-state index contributed by atoms with van der Waals surface area (Å²) in [5, 5.41) is 1.27. The van der Waals surface area contributed by atoms with Crippen LogP contribution in [0.25, 0.3) is 10.9 Å². The number of rotatable bonds is 3. The summed E-state index contributed by atoms with van der Waals surface area (Å²) >= 11 is 0. The van der Waals surface area contributed by atoms with Gasteiger partial charge in [0.05, 0.1) is 0 Å². The highest BCUT2D eigenvalue weighted by Crippen LogP contribution is 2.30. The van der Waals surface area contributed by atoms with Gasteiger partial charge in [-0.25, -0.2) is 0 Å². The zero-order valence-electron chi connectivity index (χ0n) is 15.5. The fourth-order valence-electron chi connectivity index (χ4n) is 4.74. The van der Waals surface area contributed by atoms with Crippen LogP contribution >= 0.6 is 0 Å². The molecule has 1 aromatic heterocycles. The molecule has 6 rings (SSSR count). The average molecular weight is 359 g/mol. The van der Waals surface area contributed by atoms with E-state index in [0.717, 1.165) is 31.7 Å². The Labute approximate surface area is 159 Å². The molecule has 0 saturated carbocycles. The number of nitrogens with zero attached hydrogens (tertiary/aromatic N) is 2. The number of benzene rings is 2. The molecule has 3 fully saturated rings. The molecule has 0 radical (unpaired) electrons. The van der Waals surface area contributed by atoms with E-state index in [1.807, 2.05) is 36.5 Å². The summed E-state index contributed by atoms with van der Waals surface area (Å²) in [5.41, 5.74) is 3.36. The van der Waals surface area contributed by atoms with Crippen molar-refractivity contribution in [2.75, 3.05) is 19.6 Å². The van der Waals surface area contributed by atoms with Gasteiger partial charge in [-0.2, -0.15) is 0 Å². The molecule has 27 heavy (non-hydrogen) atoms. The number of hydrogen-bond donors (Lipinski definition) is 1. The third-order valence-corrected chi connectivity index (χ3v) is 6.14. The number of amides is 1. The number of hydrogen-bond acceptors (Lipinski definition) is 2. The summed E-state index contributed by atoms with van der Waals surface area (Å²) in [6.45, 7) is 3.79. The lowest BCUT2D eigenvalue weighted by Gasteiger charge is -2.36. The van der Waals surface area contributed by atoms with Gasteiger partial charge in [0, 0.05) is 49.5 Å². The molecule has 4 nitrogen and oxygen atoms in total.